The summed E-state index contributed by atoms with van der Waals surface area (Å²) >= 11 is -0.0393. The molecule has 1 aliphatic rings. The molecule has 6 heteroatoms. The maximum atomic E-state index is 13.5. The number of nitrogens with zero attached hydrogens (tertiary/aromatic N) is 2. The Morgan fingerprint density at radius 2 is 1.82 bits per heavy atom. The van der Waals surface area contributed by atoms with Gasteiger partial charge >= 0.3 is 200 Å². The van der Waals surface area contributed by atoms with E-state index in [9.17, 15) is 9.18 Å². The number of hydrogen-bond donors (Lipinski definition) is 1. The van der Waals surface area contributed by atoms with Crippen molar-refractivity contribution in [2.75, 3.05) is 0 Å². The summed E-state index contributed by atoms with van der Waals surface area (Å²) in [6.07, 6.45) is 4.00. The van der Waals surface area contributed by atoms with Crippen LogP contribution < -0.4 is 9.67 Å². The third-order valence-electron chi connectivity index (χ3n) is 5.76. The van der Waals surface area contributed by atoms with Crippen molar-refractivity contribution in [1.82, 2.24) is 14.9 Å². The second-order valence-corrected chi connectivity index (χ2v) is 11.5. The molecule has 0 saturated heterocycles. The Balaban J connectivity index is 1.54. The number of carbonyl (C=O) groups is 1. The Morgan fingerprint density at radius 3 is 2.48 bits per heavy atom. The van der Waals surface area contributed by atoms with Gasteiger partial charge in [-0.1, -0.05) is 0 Å². The van der Waals surface area contributed by atoms with Crippen molar-refractivity contribution in [1.29, 1.82) is 0 Å². The molecule has 1 amide bonds. The van der Waals surface area contributed by atoms with Crippen LogP contribution in [0.5, 0.6) is 0 Å². The van der Waals surface area contributed by atoms with Crippen molar-refractivity contribution >= 4 is 37.0 Å². The zero-order valence-corrected chi connectivity index (χ0v) is 20.6. The van der Waals surface area contributed by atoms with Crippen LogP contribution in [0.25, 0.3) is 27.8 Å². The zero-order valence-electron chi connectivity index (χ0n) is 18.8. The van der Waals surface area contributed by atoms with Crippen LogP contribution in [0.3, 0.4) is 0 Å². The zero-order chi connectivity index (χ0) is 22.9. The molecule has 0 spiro atoms. The second kappa shape index (κ2) is 9.15. The summed E-state index contributed by atoms with van der Waals surface area (Å²) in [4.78, 5) is 17.1. The van der Waals surface area contributed by atoms with Crippen LogP contribution in [0, 0.1) is 11.7 Å². The maximum absolute atomic E-state index is 13.5. The molecule has 4 nitrogen and oxygen atoms in total. The van der Waals surface area contributed by atoms with Crippen LogP contribution >= 0.6 is 0 Å². The van der Waals surface area contributed by atoms with E-state index in [2.05, 4.69) is 35.9 Å². The number of fused-ring (bicyclic) bond motifs is 1. The van der Waals surface area contributed by atoms with Gasteiger partial charge in [0.05, 0.1) is 0 Å². The van der Waals surface area contributed by atoms with E-state index in [1.54, 1.807) is 0 Å². The second-order valence-electron chi connectivity index (χ2n) is 9.01. The van der Waals surface area contributed by atoms with Crippen LogP contribution in [0.15, 0.2) is 67.0 Å². The fourth-order valence-electron chi connectivity index (χ4n) is 3.78. The molecule has 0 unspecified atom stereocenters. The normalized spacial score (nSPS) is 13.9. The Morgan fingerprint density at radius 1 is 1.09 bits per heavy atom. The first-order valence-electron chi connectivity index (χ1n) is 11.3. The fourth-order valence-corrected chi connectivity index (χ4v) is 6.12. The molecule has 3 aromatic carbocycles. The molecule has 4 aromatic rings. The predicted octanol–water partition coefficient (Wildman–Crippen LogP) is 5.13. The summed E-state index contributed by atoms with van der Waals surface area (Å²) < 4.78 is 16.9. The number of nitrogens with one attached hydrogen (secondary N) is 1. The minimum atomic E-state index is -0.234. The van der Waals surface area contributed by atoms with E-state index in [1.165, 1.54) is 16.5 Å². The SMILES string of the molecule is CC(C)C[As]c1cc(-c2ccc(F)cc2)cc2c1ncn2-c1ccc(C(=O)NC2CC2)cc1. The van der Waals surface area contributed by atoms with Crippen molar-refractivity contribution in [3.63, 3.8) is 0 Å². The Hall–Kier alpha value is -2.91. The van der Waals surface area contributed by atoms with Gasteiger partial charge in [-0.25, -0.2) is 0 Å². The van der Waals surface area contributed by atoms with Crippen LogP contribution in [0.1, 0.15) is 37.0 Å². The van der Waals surface area contributed by atoms with E-state index in [1.807, 2.05) is 42.7 Å². The Bertz CT molecular complexity index is 1290. The third-order valence-corrected chi connectivity index (χ3v) is 9.10. The van der Waals surface area contributed by atoms with Gasteiger partial charge in [-0.05, 0) is 0 Å². The molecule has 1 radical (unpaired) electrons. The number of benzene rings is 3. The van der Waals surface area contributed by atoms with Gasteiger partial charge in [-0.2, -0.15) is 0 Å². The Kier molecular flexibility index (Phi) is 6.07. The van der Waals surface area contributed by atoms with Crippen LogP contribution in [-0.2, 0) is 0 Å². The molecule has 1 fully saturated rings. The molecular weight excluding hydrogens is 476 g/mol. The first kappa shape index (κ1) is 21.9. The molecule has 1 aromatic heterocycles. The van der Waals surface area contributed by atoms with Crippen molar-refractivity contribution in [3.05, 3.63) is 78.4 Å². The van der Waals surface area contributed by atoms with Gasteiger partial charge in [0.25, 0.3) is 0 Å². The van der Waals surface area contributed by atoms with Gasteiger partial charge < -0.3 is 0 Å². The van der Waals surface area contributed by atoms with Gasteiger partial charge in [0, 0.05) is 0 Å². The van der Waals surface area contributed by atoms with E-state index < -0.39 is 0 Å². The van der Waals surface area contributed by atoms with Crippen molar-refractivity contribution in [2.45, 2.75) is 37.9 Å². The first-order chi connectivity index (χ1) is 16.0. The monoisotopic (exact) mass is 502 g/mol. The van der Waals surface area contributed by atoms with E-state index in [4.69, 9.17) is 4.98 Å². The van der Waals surface area contributed by atoms with E-state index in [-0.39, 0.29) is 27.5 Å². The molecule has 1 heterocycles. The summed E-state index contributed by atoms with van der Waals surface area (Å²) in [5, 5.41) is 4.20. The van der Waals surface area contributed by atoms with Gasteiger partial charge in [-0.15, -0.1) is 0 Å². The summed E-state index contributed by atoms with van der Waals surface area (Å²) in [6.45, 7) is 4.49. The topological polar surface area (TPSA) is 46.9 Å². The van der Waals surface area contributed by atoms with Crippen LogP contribution in [-0.4, -0.2) is 37.3 Å². The van der Waals surface area contributed by atoms with Gasteiger partial charge in [0.2, 0.25) is 0 Å². The molecule has 5 rings (SSSR count). The molecule has 1 aliphatic carbocycles. The average Bonchev–Trinajstić information content (AvgIpc) is 3.53. The molecule has 0 bridgehead atoms. The van der Waals surface area contributed by atoms with Crippen molar-refractivity contribution < 1.29 is 9.18 Å². The third kappa shape index (κ3) is 4.89. The number of amides is 1. The fraction of sp³-hybridized carbons (Fsp3) is 0.259. The first-order valence-corrected chi connectivity index (χ1v) is 13.6. The summed E-state index contributed by atoms with van der Waals surface area (Å²) in [7, 11) is 0. The summed E-state index contributed by atoms with van der Waals surface area (Å²) in [5.41, 5.74) is 5.74. The Labute approximate surface area is 199 Å². The van der Waals surface area contributed by atoms with Gasteiger partial charge in [0.1, 0.15) is 0 Å². The van der Waals surface area contributed by atoms with Gasteiger partial charge in [-0.3, -0.25) is 0 Å². The number of aromatic nitrogens is 2. The molecular formula is C27H26AsFN3O. The van der Waals surface area contributed by atoms with Crippen LogP contribution in [0.4, 0.5) is 4.39 Å². The van der Waals surface area contributed by atoms with Gasteiger partial charge in [0.15, 0.2) is 0 Å². The standard InChI is InChI=1S/C27H26AsFN3O/c1-17(2)15-28-24-13-20(18-3-7-21(29)8-4-18)14-25-26(24)30-16-32(25)23-11-5-19(6-12-23)27(33)31-22-9-10-22/h3-8,11-14,16-17,22H,9-10,15H2,1-2H3,(H,31,33). The van der Waals surface area contributed by atoms with Crippen molar-refractivity contribution in [2.24, 2.45) is 5.92 Å². The number of halogens is 1. The summed E-state index contributed by atoms with van der Waals surface area (Å²) in [6, 6.07) is 19.0. The van der Waals surface area contributed by atoms with E-state index >= 15 is 0 Å². The molecule has 1 N–H and O–H groups in total. The average molecular weight is 502 g/mol. The summed E-state index contributed by atoms with van der Waals surface area (Å²) in [5.74, 6) is 0.381. The predicted molar refractivity (Wildman–Crippen MR) is 132 cm³/mol. The number of carbonyl (C=O) groups excluding carboxylic acids is 1. The molecule has 33 heavy (non-hydrogen) atoms. The number of imidazole rings is 1. The molecule has 0 atom stereocenters. The van der Waals surface area contributed by atoms with Crippen molar-refractivity contribution in [3.8, 4) is 16.8 Å². The van der Waals surface area contributed by atoms with Crippen LogP contribution in [0.2, 0.25) is 5.21 Å². The quantitative estimate of drug-likeness (QED) is 0.357. The molecule has 0 aliphatic heterocycles. The number of hydrogen-bond acceptors (Lipinski definition) is 2. The van der Waals surface area contributed by atoms with E-state index in [0.29, 0.717) is 17.5 Å². The molecule has 1 saturated carbocycles. The molecule has 167 valence electrons. The van der Waals surface area contributed by atoms with E-state index in [0.717, 1.165) is 45.9 Å². The minimum absolute atomic E-state index is 0.0156. The number of rotatable bonds is 7.